The van der Waals surface area contributed by atoms with E-state index >= 15 is 0 Å². The smallest absolute Gasteiger partial charge is 0.418 e. The Kier molecular flexibility index (Phi) is 4.57. The number of benzene rings is 1. The summed E-state index contributed by atoms with van der Waals surface area (Å²) in [5.41, 5.74) is -0.241. The topological polar surface area (TPSA) is 42.1 Å². The van der Waals surface area contributed by atoms with Gasteiger partial charge in [-0.1, -0.05) is 23.7 Å². The molecular formula is C14H11ClF3NO2. The molecule has 1 aromatic heterocycles. The lowest BCUT2D eigenvalue weighted by Crippen LogP contribution is -2.12. The molecule has 3 nitrogen and oxygen atoms in total. The molecule has 2 rings (SSSR count). The maximum atomic E-state index is 12.8. The molecule has 0 fully saturated rings. The van der Waals surface area contributed by atoms with Gasteiger partial charge in [-0.15, -0.1) is 0 Å². The van der Waals surface area contributed by atoms with Crippen LogP contribution in [0.4, 0.5) is 13.2 Å². The van der Waals surface area contributed by atoms with Gasteiger partial charge in [0.25, 0.3) is 6.47 Å². The number of hydrogen-bond acceptors (Lipinski definition) is 2. The van der Waals surface area contributed by atoms with Crippen molar-refractivity contribution in [2.45, 2.75) is 18.7 Å². The van der Waals surface area contributed by atoms with Crippen LogP contribution in [0.25, 0.3) is 0 Å². The van der Waals surface area contributed by atoms with Crippen molar-refractivity contribution in [3.05, 3.63) is 58.4 Å². The Balaban J connectivity index is 2.27. The molecule has 0 saturated heterocycles. The largest absolute Gasteiger partial charge is 0.459 e. The lowest BCUT2D eigenvalue weighted by Gasteiger charge is -2.16. The molecule has 0 aliphatic carbocycles. The number of rotatable bonds is 5. The van der Waals surface area contributed by atoms with Crippen molar-refractivity contribution in [2.24, 2.45) is 0 Å². The predicted octanol–water partition coefficient (Wildman–Crippen LogP) is 4.14. The van der Waals surface area contributed by atoms with Gasteiger partial charge in [0, 0.05) is 23.3 Å². The molecule has 21 heavy (non-hydrogen) atoms. The number of nitrogens with one attached hydrogen (secondary N) is 1. The van der Waals surface area contributed by atoms with E-state index in [2.05, 4.69) is 4.98 Å². The summed E-state index contributed by atoms with van der Waals surface area (Å²) in [6.07, 6.45) is -4.18. The third kappa shape index (κ3) is 3.78. The summed E-state index contributed by atoms with van der Waals surface area (Å²) in [5, 5.41) is 0.486. The summed E-state index contributed by atoms with van der Waals surface area (Å²) in [6, 6.07) is 7.32. The SMILES string of the molecule is O=COC(Cc1[nH]ccc1C(F)(F)F)c1ccc(Cl)cc1. The Morgan fingerprint density at radius 1 is 1.24 bits per heavy atom. The van der Waals surface area contributed by atoms with Crippen LogP contribution in [-0.4, -0.2) is 11.5 Å². The molecule has 0 saturated carbocycles. The third-order valence-electron chi connectivity index (χ3n) is 2.99. The second kappa shape index (κ2) is 6.22. The molecule has 7 heteroatoms. The number of carbonyl (C=O) groups excluding carboxylic acids is 1. The first kappa shape index (κ1) is 15.4. The zero-order valence-electron chi connectivity index (χ0n) is 10.7. The predicted molar refractivity (Wildman–Crippen MR) is 70.8 cm³/mol. The number of ether oxygens (including phenoxy) is 1. The van der Waals surface area contributed by atoms with Crippen molar-refractivity contribution in [1.82, 2.24) is 4.98 Å². The molecule has 1 atom stereocenters. The normalized spacial score (nSPS) is 13.0. The van der Waals surface area contributed by atoms with Crippen molar-refractivity contribution in [1.29, 1.82) is 0 Å². The van der Waals surface area contributed by atoms with Gasteiger partial charge in [0.1, 0.15) is 6.10 Å². The first-order valence-corrected chi connectivity index (χ1v) is 6.37. The Morgan fingerprint density at radius 3 is 2.48 bits per heavy atom. The number of aromatic amines is 1. The zero-order valence-corrected chi connectivity index (χ0v) is 11.4. The van der Waals surface area contributed by atoms with Gasteiger partial charge in [-0.25, -0.2) is 0 Å². The van der Waals surface area contributed by atoms with E-state index in [0.717, 1.165) is 6.07 Å². The number of alkyl halides is 3. The van der Waals surface area contributed by atoms with Gasteiger partial charge < -0.3 is 9.72 Å². The fourth-order valence-electron chi connectivity index (χ4n) is 2.01. The highest BCUT2D eigenvalue weighted by Gasteiger charge is 2.34. The van der Waals surface area contributed by atoms with Gasteiger partial charge >= 0.3 is 6.18 Å². The molecule has 0 aliphatic heterocycles. The summed E-state index contributed by atoms with van der Waals surface area (Å²) in [7, 11) is 0. The molecule has 0 spiro atoms. The number of halogens is 4. The quantitative estimate of drug-likeness (QED) is 0.842. The van der Waals surface area contributed by atoms with Crippen molar-refractivity contribution in [2.75, 3.05) is 0 Å². The van der Waals surface area contributed by atoms with Gasteiger partial charge in [0.15, 0.2) is 0 Å². The van der Waals surface area contributed by atoms with E-state index < -0.39 is 17.8 Å². The fourth-order valence-corrected chi connectivity index (χ4v) is 2.14. The molecule has 112 valence electrons. The summed E-state index contributed by atoms with van der Waals surface area (Å²) in [4.78, 5) is 13.1. The van der Waals surface area contributed by atoms with Crippen LogP contribution < -0.4 is 0 Å². The van der Waals surface area contributed by atoms with E-state index in [-0.39, 0.29) is 18.6 Å². The number of hydrogen-bond donors (Lipinski definition) is 1. The first-order chi connectivity index (χ1) is 9.91. The number of H-pyrrole nitrogens is 1. The average molecular weight is 318 g/mol. The van der Waals surface area contributed by atoms with Gasteiger partial charge in [-0.2, -0.15) is 13.2 Å². The maximum absolute atomic E-state index is 12.8. The average Bonchev–Trinajstić information content (AvgIpc) is 2.87. The van der Waals surface area contributed by atoms with Gasteiger partial charge in [0.2, 0.25) is 0 Å². The van der Waals surface area contributed by atoms with E-state index in [1.807, 2.05) is 0 Å². The molecule has 0 bridgehead atoms. The second-order valence-electron chi connectivity index (χ2n) is 4.34. The standard InChI is InChI=1S/C14H11ClF3NO2/c15-10-3-1-9(2-4-10)13(21-8-20)7-12-11(5-6-19-12)14(16,17)18/h1-6,8,13,19H,7H2. The minimum atomic E-state index is -4.46. The van der Waals surface area contributed by atoms with E-state index in [9.17, 15) is 18.0 Å². The van der Waals surface area contributed by atoms with Crippen LogP contribution in [0.2, 0.25) is 5.02 Å². The highest BCUT2D eigenvalue weighted by molar-refractivity contribution is 6.30. The van der Waals surface area contributed by atoms with Crippen molar-refractivity contribution < 1.29 is 22.7 Å². The lowest BCUT2D eigenvalue weighted by atomic mass is 10.0. The summed E-state index contributed by atoms with van der Waals surface area (Å²) in [6.45, 7) is 0.218. The molecular weight excluding hydrogens is 307 g/mol. The van der Waals surface area contributed by atoms with Gasteiger partial charge in [0.05, 0.1) is 5.56 Å². The van der Waals surface area contributed by atoms with Gasteiger partial charge in [-0.05, 0) is 23.8 Å². The molecule has 2 aromatic rings. The summed E-state index contributed by atoms with van der Waals surface area (Å²) in [5.74, 6) is 0. The third-order valence-corrected chi connectivity index (χ3v) is 3.24. The van der Waals surface area contributed by atoms with Crippen LogP contribution in [-0.2, 0) is 22.1 Å². The van der Waals surface area contributed by atoms with Crippen LogP contribution in [0, 0.1) is 0 Å². The zero-order chi connectivity index (χ0) is 15.5. The minimum absolute atomic E-state index is 0.0377. The molecule has 1 unspecified atom stereocenters. The van der Waals surface area contributed by atoms with Crippen LogP contribution >= 0.6 is 11.6 Å². The van der Waals surface area contributed by atoms with Crippen molar-refractivity contribution in [3.63, 3.8) is 0 Å². The number of carbonyl (C=O) groups is 1. The second-order valence-corrected chi connectivity index (χ2v) is 4.78. The van der Waals surface area contributed by atoms with Crippen LogP contribution in [0.1, 0.15) is 22.9 Å². The molecule has 0 aliphatic rings. The van der Waals surface area contributed by atoms with E-state index in [1.54, 1.807) is 24.3 Å². The van der Waals surface area contributed by atoms with Crippen molar-refractivity contribution >= 4 is 18.1 Å². The molecule has 0 radical (unpaired) electrons. The molecule has 0 amide bonds. The van der Waals surface area contributed by atoms with Crippen LogP contribution in [0.3, 0.4) is 0 Å². The van der Waals surface area contributed by atoms with E-state index in [4.69, 9.17) is 16.3 Å². The van der Waals surface area contributed by atoms with E-state index in [0.29, 0.717) is 10.6 Å². The van der Waals surface area contributed by atoms with E-state index in [1.165, 1.54) is 6.20 Å². The minimum Gasteiger partial charge on any atom is -0.459 e. The highest BCUT2D eigenvalue weighted by atomic mass is 35.5. The Bertz CT molecular complexity index is 607. The van der Waals surface area contributed by atoms with Gasteiger partial charge in [-0.3, -0.25) is 4.79 Å². The Hall–Kier alpha value is -1.95. The maximum Gasteiger partial charge on any atom is 0.418 e. The Labute approximate surface area is 123 Å². The summed E-state index contributed by atoms with van der Waals surface area (Å²) >= 11 is 5.76. The Morgan fingerprint density at radius 2 is 1.90 bits per heavy atom. The number of aromatic nitrogens is 1. The van der Waals surface area contributed by atoms with Crippen molar-refractivity contribution in [3.8, 4) is 0 Å². The molecule has 1 N–H and O–H groups in total. The molecule has 1 heterocycles. The summed E-state index contributed by atoms with van der Waals surface area (Å²) < 4.78 is 43.4. The lowest BCUT2D eigenvalue weighted by molar-refractivity contribution is -0.138. The monoisotopic (exact) mass is 317 g/mol. The first-order valence-electron chi connectivity index (χ1n) is 6.00. The van der Waals surface area contributed by atoms with Crippen LogP contribution in [0.5, 0.6) is 0 Å². The molecule has 1 aromatic carbocycles. The highest BCUT2D eigenvalue weighted by Crippen LogP contribution is 2.34. The fraction of sp³-hybridized carbons (Fsp3) is 0.214. The van der Waals surface area contributed by atoms with Crippen LogP contribution in [0.15, 0.2) is 36.5 Å².